The number of hydrogen-bond donors (Lipinski definition) is 1. The minimum Gasteiger partial charge on any atom is -0.330 e. The highest BCUT2D eigenvalue weighted by Gasteiger charge is 2.41. The average Bonchev–Trinajstić information content (AvgIpc) is 3.10. The molecule has 0 amide bonds. The maximum atomic E-state index is 5.95. The molecule has 2 atom stereocenters. The van der Waals surface area contributed by atoms with Gasteiger partial charge in [0.15, 0.2) is 0 Å². The number of nitrogens with two attached hydrogens (primary N) is 1. The van der Waals surface area contributed by atoms with E-state index in [1.807, 2.05) is 0 Å². The zero-order valence-corrected chi connectivity index (χ0v) is 10.6. The van der Waals surface area contributed by atoms with E-state index in [9.17, 15) is 0 Å². The number of rotatable bonds is 3. The van der Waals surface area contributed by atoms with Crippen LogP contribution in [0.5, 0.6) is 0 Å². The van der Waals surface area contributed by atoms with Crippen molar-refractivity contribution in [3.05, 3.63) is 35.4 Å². The monoisotopic (exact) mass is 230 g/mol. The molecule has 1 aromatic carbocycles. The molecule has 2 N–H and O–H groups in total. The van der Waals surface area contributed by atoms with Crippen LogP contribution in [-0.2, 0) is 0 Å². The first-order valence-corrected chi connectivity index (χ1v) is 6.82. The number of benzene rings is 1. The maximum Gasteiger partial charge on any atom is 0.0391 e. The fraction of sp³-hybridized carbons (Fsp3) is 0.600. The standard InChI is InChI=1S/C15H22N2/c1-11-2-4-12(5-3-11)15-13(10-16)8-9-17(15)14-6-7-14/h2-5,13-15H,6-10,16H2,1H3. The van der Waals surface area contributed by atoms with Crippen molar-refractivity contribution in [2.45, 2.75) is 38.3 Å². The number of hydrogen-bond acceptors (Lipinski definition) is 2. The summed E-state index contributed by atoms with van der Waals surface area (Å²) in [7, 11) is 0. The molecule has 0 spiro atoms. The van der Waals surface area contributed by atoms with Gasteiger partial charge in [-0.2, -0.15) is 0 Å². The molecule has 1 saturated heterocycles. The Kier molecular flexibility index (Phi) is 2.93. The van der Waals surface area contributed by atoms with E-state index in [1.54, 1.807) is 0 Å². The second-order valence-corrected chi connectivity index (χ2v) is 5.61. The van der Waals surface area contributed by atoms with Crippen LogP contribution in [0.15, 0.2) is 24.3 Å². The van der Waals surface area contributed by atoms with Crippen LogP contribution in [-0.4, -0.2) is 24.0 Å². The zero-order chi connectivity index (χ0) is 11.8. The Morgan fingerprint density at radius 3 is 2.47 bits per heavy atom. The lowest BCUT2D eigenvalue weighted by Crippen LogP contribution is -2.29. The van der Waals surface area contributed by atoms with Gasteiger partial charge in [0, 0.05) is 12.1 Å². The average molecular weight is 230 g/mol. The summed E-state index contributed by atoms with van der Waals surface area (Å²) in [6.45, 7) is 4.21. The van der Waals surface area contributed by atoms with Gasteiger partial charge in [-0.1, -0.05) is 29.8 Å². The minimum atomic E-state index is 0.577. The molecule has 1 aliphatic heterocycles. The quantitative estimate of drug-likeness (QED) is 0.864. The molecule has 2 unspecified atom stereocenters. The van der Waals surface area contributed by atoms with Gasteiger partial charge >= 0.3 is 0 Å². The Balaban J connectivity index is 1.87. The van der Waals surface area contributed by atoms with Crippen LogP contribution >= 0.6 is 0 Å². The molecular formula is C15H22N2. The predicted molar refractivity (Wildman–Crippen MR) is 70.8 cm³/mol. The first-order chi connectivity index (χ1) is 8.29. The second kappa shape index (κ2) is 4.43. The first-order valence-electron chi connectivity index (χ1n) is 6.82. The number of aryl methyl sites for hydroxylation is 1. The molecular weight excluding hydrogens is 208 g/mol. The van der Waals surface area contributed by atoms with Gasteiger partial charge in [0.25, 0.3) is 0 Å². The Bertz CT molecular complexity index is 380. The van der Waals surface area contributed by atoms with Crippen molar-refractivity contribution in [1.82, 2.24) is 4.90 Å². The van der Waals surface area contributed by atoms with Crippen LogP contribution in [0.3, 0.4) is 0 Å². The van der Waals surface area contributed by atoms with Crippen LogP contribution < -0.4 is 5.73 Å². The second-order valence-electron chi connectivity index (χ2n) is 5.61. The third-order valence-corrected chi connectivity index (χ3v) is 4.30. The largest absolute Gasteiger partial charge is 0.330 e. The maximum absolute atomic E-state index is 5.95. The summed E-state index contributed by atoms with van der Waals surface area (Å²) in [5.74, 6) is 0.651. The Morgan fingerprint density at radius 2 is 1.88 bits per heavy atom. The van der Waals surface area contributed by atoms with E-state index in [-0.39, 0.29) is 0 Å². The fourth-order valence-electron chi connectivity index (χ4n) is 3.17. The van der Waals surface area contributed by atoms with Gasteiger partial charge in [0.05, 0.1) is 0 Å². The van der Waals surface area contributed by atoms with Gasteiger partial charge in [0.2, 0.25) is 0 Å². The summed E-state index contributed by atoms with van der Waals surface area (Å²) in [5, 5.41) is 0. The summed E-state index contributed by atoms with van der Waals surface area (Å²) < 4.78 is 0. The molecule has 2 nitrogen and oxygen atoms in total. The van der Waals surface area contributed by atoms with Crippen LogP contribution in [0.25, 0.3) is 0 Å². The summed E-state index contributed by atoms with van der Waals surface area (Å²) >= 11 is 0. The van der Waals surface area contributed by atoms with Gasteiger partial charge in [0.1, 0.15) is 0 Å². The van der Waals surface area contributed by atoms with Crippen molar-refractivity contribution in [1.29, 1.82) is 0 Å². The van der Waals surface area contributed by atoms with Crippen LogP contribution in [0.1, 0.15) is 36.4 Å². The lowest BCUT2D eigenvalue weighted by Gasteiger charge is -2.28. The highest BCUT2D eigenvalue weighted by molar-refractivity contribution is 5.26. The van der Waals surface area contributed by atoms with Crippen molar-refractivity contribution in [3.8, 4) is 0 Å². The molecule has 2 heteroatoms. The minimum absolute atomic E-state index is 0.577. The molecule has 1 saturated carbocycles. The summed E-state index contributed by atoms with van der Waals surface area (Å²) in [5.41, 5.74) is 8.76. The van der Waals surface area contributed by atoms with Gasteiger partial charge < -0.3 is 5.73 Å². The molecule has 0 bridgehead atoms. The van der Waals surface area contributed by atoms with E-state index in [0.717, 1.165) is 12.6 Å². The molecule has 1 heterocycles. The van der Waals surface area contributed by atoms with Crippen LogP contribution in [0.2, 0.25) is 0 Å². The normalized spacial score (nSPS) is 29.8. The van der Waals surface area contributed by atoms with Crippen LogP contribution in [0, 0.1) is 12.8 Å². The Labute approximate surface area is 104 Å². The highest BCUT2D eigenvalue weighted by Crippen LogP contribution is 2.43. The van der Waals surface area contributed by atoms with E-state index in [0.29, 0.717) is 12.0 Å². The van der Waals surface area contributed by atoms with Crippen molar-refractivity contribution in [2.75, 3.05) is 13.1 Å². The lowest BCUT2D eigenvalue weighted by molar-refractivity contribution is 0.220. The predicted octanol–water partition coefficient (Wildman–Crippen LogP) is 2.48. The number of likely N-dealkylation sites (tertiary alicyclic amines) is 1. The first kappa shape index (κ1) is 11.2. The van der Waals surface area contributed by atoms with E-state index < -0.39 is 0 Å². The van der Waals surface area contributed by atoms with E-state index in [2.05, 4.69) is 36.1 Å². The summed E-state index contributed by atoms with van der Waals surface area (Å²) in [4.78, 5) is 2.70. The smallest absolute Gasteiger partial charge is 0.0391 e. The molecule has 0 aromatic heterocycles. The van der Waals surface area contributed by atoms with Gasteiger partial charge in [-0.25, -0.2) is 0 Å². The SMILES string of the molecule is Cc1ccc(C2C(CN)CCN2C2CC2)cc1. The zero-order valence-electron chi connectivity index (χ0n) is 10.6. The molecule has 17 heavy (non-hydrogen) atoms. The van der Waals surface area contributed by atoms with Gasteiger partial charge in [-0.15, -0.1) is 0 Å². The van der Waals surface area contributed by atoms with E-state index in [4.69, 9.17) is 5.73 Å². The third kappa shape index (κ3) is 2.12. The molecule has 1 aromatic rings. The molecule has 3 rings (SSSR count). The Morgan fingerprint density at radius 1 is 1.18 bits per heavy atom. The molecule has 1 aliphatic carbocycles. The van der Waals surface area contributed by atoms with Gasteiger partial charge in [-0.05, 0) is 50.8 Å². The highest BCUT2D eigenvalue weighted by atomic mass is 15.2. The van der Waals surface area contributed by atoms with Crippen molar-refractivity contribution in [2.24, 2.45) is 11.7 Å². The van der Waals surface area contributed by atoms with Crippen molar-refractivity contribution >= 4 is 0 Å². The third-order valence-electron chi connectivity index (χ3n) is 4.30. The molecule has 2 aliphatic rings. The Hall–Kier alpha value is -0.860. The number of nitrogens with zero attached hydrogens (tertiary/aromatic N) is 1. The van der Waals surface area contributed by atoms with Crippen LogP contribution in [0.4, 0.5) is 0 Å². The molecule has 0 radical (unpaired) electrons. The summed E-state index contributed by atoms with van der Waals surface area (Å²) in [6, 6.07) is 10.5. The van der Waals surface area contributed by atoms with Gasteiger partial charge in [-0.3, -0.25) is 4.90 Å². The molecule has 92 valence electrons. The summed E-state index contributed by atoms with van der Waals surface area (Å²) in [6.07, 6.45) is 4.05. The lowest BCUT2D eigenvalue weighted by atomic mass is 9.93. The van der Waals surface area contributed by atoms with E-state index >= 15 is 0 Å². The topological polar surface area (TPSA) is 29.3 Å². The fourth-order valence-corrected chi connectivity index (χ4v) is 3.17. The molecule has 2 fully saturated rings. The van der Waals surface area contributed by atoms with Crippen molar-refractivity contribution < 1.29 is 0 Å². The van der Waals surface area contributed by atoms with E-state index in [1.165, 1.54) is 36.9 Å². The van der Waals surface area contributed by atoms with Crippen molar-refractivity contribution in [3.63, 3.8) is 0 Å².